The normalized spacial score (nSPS) is 10.7. The number of nitrogens with zero attached hydrogens (tertiary/aromatic N) is 2. The van der Waals surface area contributed by atoms with Gasteiger partial charge in [0.25, 0.3) is 0 Å². The average molecular weight is 277 g/mol. The van der Waals surface area contributed by atoms with Crippen molar-refractivity contribution in [3.05, 3.63) is 46.8 Å². The molecule has 100 valence electrons. The standard InChI is InChI=1S/C15H17ClN2O/c1-4-12-5-7-13(8-6-12)18-11(3)15(10(2)17-18)14(19)9-16/h5-8H,4,9H2,1-3H3. The summed E-state index contributed by atoms with van der Waals surface area (Å²) in [6, 6.07) is 8.20. The molecule has 0 aliphatic carbocycles. The molecule has 0 saturated heterocycles. The number of hydrogen-bond acceptors (Lipinski definition) is 2. The first-order valence-corrected chi connectivity index (χ1v) is 6.86. The zero-order valence-corrected chi connectivity index (χ0v) is 12.2. The average Bonchev–Trinajstić information content (AvgIpc) is 2.73. The molecule has 4 heteroatoms. The minimum atomic E-state index is -0.0758. The maximum absolute atomic E-state index is 11.8. The summed E-state index contributed by atoms with van der Waals surface area (Å²) in [4.78, 5) is 11.8. The highest BCUT2D eigenvalue weighted by Crippen LogP contribution is 2.19. The summed E-state index contributed by atoms with van der Waals surface area (Å²) in [6.07, 6.45) is 1.01. The van der Waals surface area contributed by atoms with E-state index in [1.165, 1.54) is 5.56 Å². The quantitative estimate of drug-likeness (QED) is 0.633. The Kier molecular flexibility index (Phi) is 4.05. The van der Waals surface area contributed by atoms with Crippen molar-refractivity contribution in [3.8, 4) is 5.69 Å². The lowest BCUT2D eigenvalue weighted by atomic mass is 10.1. The molecule has 2 rings (SSSR count). The molecule has 3 nitrogen and oxygen atoms in total. The lowest BCUT2D eigenvalue weighted by Crippen LogP contribution is -2.04. The molecule has 0 saturated carbocycles. The second-order valence-electron chi connectivity index (χ2n) is 4.53. The van der Waals surface area contributed by atoms with Crippen LogP contribution in [0.25, 0.3) is 5.69 Å². The number of alkyl halides is 1. The van der Waals surface area contributed by atoms with Crippen LogP contribution in [0.1, 0.15) is 34.2 Å². The maximum atomic E-state index is 11.8. The van der Waals surface area contributed by atoms with Crippen molar-refractivity contribution in [1.82, 2.24) is 9.78 Å². The molecule has 0 atom stereocenters. The second kappa shape index (κ2) is 5.57. The Labute approximate surface area is 118 Å². The molecule has 1 aromatic heterocycles. The molecular formula is C15H17ClN2O. The number of rotatable bonds is 4. The van der Waals surface area contributed by atoms with E-state index in [1.54, 1.807) is 4.68 Å². The van der Waals surface area contributed by atoms with Gasteiger partial charge >= 0.3 is 0 Å². The molecule has 0 radical (unpaired) electrons. The number of carbonyl (C=O) groups is 1. The van der Waals surface area contributed by atoms with E-state index < -0.39 is 0 Å². The monoisotopic (exact) mass is 276 g/mol. The van der Waals surface area contributed by atoms with Gasteiger partial charge < -0.3 is 0 Å². The molecule has 2 aromatic rings. The fourth-order valence-electron chi connectivity index (χ4n) is 2.24. The number of hydrogen-bond donors (Lipinski definition) is 0. The lowest BCUT2D eigenvalue weighted by molar-refractivity contribution is 0.102. The first-order valence-electron chi connectivity index (χ1n) is 6.33. The van der Waals surface area contributed by atoms with Crippen molar-refractivity contribution in [2.24, 2.45) is 0 Å². The van der Waals surface area contributed by atoms with E-state index in [-0.39, 0.29) is 11.7 Å². The zero-order chi connectivity index (χ0) is 14.0. The van der Waals surface area contributed by atoms with Gasteiger partial charge in [-0.15, -0.1) is 11.6 Å². The van der Waals surface area contributed by atoms with Crippen molar-refractivity contribution in [2.75, 3.05) is 5.88 Å². The second-order valence-corrected chi connectivity index (χ2v) is 4.80. The van der Waals surface area contributed by atoms with Gasteiger partial charge in [0.2, 0.25) is 0 Å². The van der Waals surface area contributed by atoms with Crippen LogP contribution in [0.2, 0.25) is 0 Å². The van der Waals surface area contributed by atoms with Crippen molar-refractivity contribution < 1.29 is 4.79 Å². The summed E-state index contributed by atoms with van der Waals surface area (Å²) >= 11 is 5.64. The summed E-state index contributed by atoms with van der Waals surface area (Å²) in [7, 11) is 0. The first-order chi connectivity index (χ1) is 9.08. The predicted octanol–water partition coefficient (Wildman–Crippen LogP) is 3.47. The van der Waals surface area contributed by atoms with Crippen LogP contribution in [0.15, 0.2) is 24.3 Å². The van der Waals surface area contributed by atoms with Crippen LogP contribution < -0.4 is 0 Å². The molecule has 0 unspecified atom stereocenters. The van der Waals surface area contributed by atoms with Crippen molar-refractivity contribution in [1.29, 1.82) is 0 Å². The summed E-state index contributed by atoms with van der Waals surface area (Å²) in [5, 5.41) is 4.44. The number of Topliss-reactive ketones (excluding diaryl/α,β-unsaturated/α-hetero) is 1. The van der Waals surface area contributed by atoms with Crippen LogP contribution in [0, 0.1) is 13.8 Å². The Hall–Kier alpha value is -1.61. The molecule has 0 spiro atoms. The van der Waals surface area contributed by atoms with Crippen LogP contribution in [-0.4, -0.2) is 21.4 Å². The van der Waals surface area contributed by atoms with Crippen LogP contribution in [0.5, 0.6) is 0 Å². The van der Waals surface area contributed by atoms with Gasteiger partial charge in [-0.25, -0.2) is 4.68 Å². The smallest absolute Gasteiger partial charge is 0.181 e. The number of carbonyl (C=O) groups excluding carboxylic acids is 1. The Morgan fingerprint density at radius 3 is 2.42 bits per heavy atom. The molecule has 0 amide bonds. The summed E-state index contributed by atoms with van der Waals surface area (Å²) in [6.45, 7) is 5.85. The Morgan fingerprint density at radius 1 is 1.26 bits per heavy atom. The van der Waals surface area contributed by atoms with Gasteiger partial charge in [-0.3, -0.25) is 4.79 Å². The maximum Gasteiger partial charge on any atom is 0.181 e. The van der Waals surface area contributed by atoms with Gasteiger partial charge in [-0.05, 0) is 38.0 Å². The molecule has 0 aliphatic rings. The lowest BCUT2D eigenvalue weighted by Gasteiger charge is -2.05. The number of aryl methyl sites for hydroxylation is 2. The number of aromatic nitrogens is 2. The molecule has 0 bridgehead atoms. The van der Waals surface area contributed by atoms with Gasteiger partial charge in [0.15, 0.2) is 5.78 Å². The van der Waals surface area contributed by atoms with Gasteiger partial charge in [-0.1, -0.05) is 19.1 Å². The minimum absolute atomic E-state index is 0.0118. The topological polar surface area (TPSA) is 34.9 Å². The third kappa shape index (κ3) is 2.56. The van der Waals surface area contributed by atoms with Crippen LogP contribution in [0.3, 0.4) is 0 Å². The van der Waals surface area contributed by atoms with E-state index >= 15 is 0 Å². The summed E-state index contributed by atoms with van der Waals surface area (Å²) in [5.74, 6) is -0.0876. The summed E-state index contributed by atoms with van der Waals surface area (Å²) in [5.41, 5.74) is 4.44. The fraction of sp³-hybridized carbons (Fsp3) is 0.333. The largest absolute Gasteiger partial charge is 0.293 e. The molecular weight excluding hydrogens is 260 g/mol. The number of ketones is 1. The highest BCUT2D eigenvalue weighted by atomic mass is 35.5. The van der Waals surface area contributed by atoms with Crippen LogP contribution in [-0.2, 0) is 6.42 Å². The third-order valence-electron chi connectivity index (χ3n) is 3.28. The van der Waals surface area contributed by atoms with E-state index in [9.17, 15) is 4.79 Å². The first kappa shape index (κ1) is 13.8. The van der Waals surface area contributed by atoms with Crippen molar-refractivity contribution in [3.63, 3.8) is 0 Å². The highest BCUT2D eigenvalue weighted by Gasteiger charge is 2.18. The highest BCUT2D eigenvalue weighted by molar-refractivity contribution is 6.30. The number of halogens is 1. The van der Waals surface area contributed by atoms with Gasteiger partial charge in [-0.2, -0.15) is 5.10 Å². The van der Waals surface area contributed by atoms with Crippen molar-refractivity contribution >= 4 is 17.4 Å². The van der Waals surface area contributed by atoms with Crippen LogP contribution >= 0.6 is 11.6 Å². The van der Waals surface area contributed by atoms with Gasteiger partial charge in [0.05, 0.1) is 28.5 Å². The molecule has 19 heavy (non-hydrogen) atoms. The van der Waals surface area contributed by atoms with E-state index in [4.69, 9.17) is 11.6 Å². The predicted molar refractivity (Wildman–Crippen MR) is 77.5 cm³/mol. The molecule has 0 N–H and O–H groups in total. The Morgan fingerprint density at radius 2 is 1.89 bits per heavy atom. The van der Waals surface area contributed by atoms with E-state index in [1.807, 2.05) is 26.0 Å². The SMILES string of the molecule is CCc1ccc(-n2nc(C)c(C(=O)CCl)c2C)cc1. The zero-order valence-electron chi connectivity index (χ0n) is 11.4. The summed E-state index contributed by atoms with van der Waals surface area (Å²) < 4.78 is 1.80. The van der Waals surface area contributed by atoms with Crippen molar-refractivity contribution in [2.45, 2.75) is 27.2 Å². The van der Waals surface area contributed by atoms with E-state index in [2.05, 4.69) is 24.2 Å². The molecule has 0 fully saturated rings. The minimum Gasteiger partial charge on any atom is -0.293 e. The Bertz CT molecular complexity index is 599. The molecule has 1 heterocycles. The van der Waals surface area contributed by atoms with Gasteiger partial charge in [0.1, 0.15) is 0 Å². The van der Waals surface area contributed by atoms with E-state index in [0.29, 0.717) is 5.56 Å². The molecule has 0 aliphatic heterocycles. The third-order valence-corrected chi connectivity index (χ3v) is 3.52. The van der Waals surface area contributed by atoms with E-state index in [0.717, 1.165) is 23.5 Å². The van der Waals surface area contributed by atoms with Crippen LogP contribution in [0.4, 0.5) is 0 Å². The number of benzene rings is 1. The Balaban J connectivity index is 2.48. The molecule has 1 aromatic carbocycles. The van der Waals surface area contributed by atoms with Gasteiger partial charge in [0, 0.05) is 0 Å². The fourth-order valence-corrected chi connectivity index (χ4v) is 2.37.